The van der Waals surface area contributed by atoms with Crippen LogP contribution in [0.5, 0.6) is 0 Å². The molecule has 0 spiro atoms. The Labute approximate surface area is 131 Å². The number of imidazole rings is 1. The van der Waals surface area contributed by atoms with Gasteiger partial charge in [0.1, 0.15) is 0 Å². The summed E-state index contributed by atoms with van der Waals surface area (Å²) in [6.07, 6.45) is 9.23. The van der Waals surface area contributed by atoms with Gasteiger partial charge in [-0.1, -0.05) is 31.5 Å². The van der Waals surface area contributed by atoms with E-state index in [1.807, 2.05) is 22.9 Å². The van der Waals surface area contributed by atoms with Gasteiger partial charge in [0.25, 0.3) is 0 Å². The van der Waals surface area contributed by atoms with E-state index in [1.54, 1.807) is 12.5 Å². The minimum Gasteiger partial charge on any atom is -0.381 e. The molecule has 3 rings (SSSR count). The SMILES string of the molecule is CC1CCC(Nc2cccc(Cl)c2-n2ccnc2)CC1C. The molecule has 0 saturated heterocycles. The molecule has 112 valence electrons. The molecule has 2 aromatic rings. The van der Waals surface area contributed by atoms with Crippen LogP contribution in [0.15, 0.2) is 36.9 Å². The van der Waals surface area contributed by atoms with Gasteiger partial charge in [0.2, 0.25) is 0 Å². The Balaban J connectivity index is 1.85. The second-order valence-corrected chi connectivity index (χ2v) is 6.62. The van der Waals surface area contributed by atoms with Crippen LogP contribution in [0, 0.1) is 11.8 Å². The molecule has 3 unspecified atom stereocenters. The lowest BCUT2D eigenvalue weighted by Crippen LogP contribution is -2.30. The molecule has 0 radical (unpaired) electrons. The quantitative estimate of drug-likeness (QED) is 0.885. The van der Waals surface area contributed by atoms with E-state index in [0.717, 1.165) is 28.2 Å². The largest absolute Gasteiger partial charge is 0.381 e. The molecular weight excluding hydrogens is 282 g/mol. The topological polar surface area (TPSA) is 29.9 Å². The summed E-state index contributed by atoms with van der Waals surface area (Å²) in [4.78, 5) is 4.13. The van der Waals surface area contributed by atoms with E-state index in [-0.39, 0.29) is 0 Å². The number of hydrogen-bond donors (Lipinski definition) is 1. The van der Waals surface area contributed by atoms with Gasteiger partial charge in [-0.05, 0) is 43.2 Å². The molecule has 1 fully saturated rings. The summed E-state index contributed by atoms with van der Waals surface area (Å²) in [5.74, 6) is 1.60. The Morgan fingerprint density at radius 2 is 2.10 bits per heavy atom. The Kier molecular flexibility index (Phi) is 4.20. The first-order chi connectivity index (χ1) is 10.1. The average Bonchev–Trinajstić information content (AvgIpc) is 2.97. The van der Waals surface area contributed by atoms with Crippen molar-refractivity contribution in [2.75, 3.05) is 5.32 Å². The number of rotatable bonds is 3. The number of nitrogens with zero attached hydrogens (tertiary/aromatic N) is 2. The van der Waals surface area contributed by atoms with Gasteiger partial charge in [-0.2, -0.15) is 0 Å². The molecule has 0 amide bonds. The highest BCUT2D eigenvalue weighted by Gasteiger charge is 2.25. The second-order valence-electron chi connectivity index (χ2n) is 6.21. The van der Waals surface area contributed by atoms with Crippen LogP contribution in [-0.4, -0.2) is 15.6 Å². The Hall–Kier alpha value is -1.48. The number of benzene rings is 1. The number of aromatic nitrogens is 2. The fraction of sp³-hybridized carbons (Fsp3) is 0.471. The first-order valence-electron chi connectivity index (χ1n) is 7.68. The molecule has 1 saturated carbocycles. The molecule has 3 atom stereocenters. The van der Waals surface area contributed by atoms with Gasteiger partial charge in [-0.15, -0.1) is 0 Å². The predicted molar refractivity (Wildman–Crippen MR) is 88.2 cm³/mol. The van der Waals surface area contributed by atoms with Gasteiger partial charge in [-0.3, -0.25) is 0 Å². The summed E-state index contributed by atoms with van der Waals surface area (Å²) in [5.41, 5.74) is 2.08. The zero-order chi connectivity index (χ0) is 14.8. The van der Waals surface area contributed by atoms with Gasteiger partial charge in [0.05, 0.1) is 22.7 Å². The van der Waals surface area contributed by atoms with Gasteiger partial charge in [0, 0.05) is 18.4 Å². The first-order valence-corrected chi connectivity index (χ1v) is 8.06. The van der Waals surface area contributed by atoms with Crippen molar-refractivity contribution >= 4 is 17.3 Å². The van der Waals surface area contributed by atoms with E-state index < -0.39 is 0 Å². The molecule has 0 bridgehead atoms. The van der Waals surface area contributed by atoms with Crippen molar-refractivity contribution in [2.45, 2.75) is 39.2 Å². The van der Waals surface area contributed by atoms with E-state index in [4.69, 9.17) is 11.6 Å². The van der Waals surface area contributed by atoms with Gasteiger partial charge in [-0.25, -0.2) is 4.98 Å². The molecule has 4 heteroatoms. The highest BCUT2D eigenvalue weighted by molar-refractivity contribution is 6.33. The Morgan fingerprint density at radius 3 is 2.81 bits per heavy atom. The van der Waals surface area contributed by atoms with Crippen molar-refractivity contribution in [2.24, 2.45) is 11.8 Å². The van der Waals surface area contributed by atoms with Crippen LogP contribution in [0.4, 0.5) is 5.69 Å². The number of halogens is 1. The van der Waals surface area contributed by atoms with Crippen LogP contribution in [0.25, 0.3) is 5.69 Å². The molecule has 1 N–H and O–H groups in total. The molecule has 3 nitrogen and oxygen atoms in total. The normalized spacial score (nSPS) is 25.8. The van der Waals surface area contributed by atoms with Crippen molar-refractivity contribution in [1.29, 1.82) is 0 Å². The summed E-state index contributed by atoms with van der Waals surface area (Å²) in [6.45, 7) is 4.71. The van der Waals surface area contributed by atoms with E-state index in [2.05, 4.69) is 30.2 Å². The maximum Gasteiger partial charge on any atom is 0.0992 e. The van der Waals surface area contributed by atoms with Crippen LogP contribution < -0.4 is 5.32 Å². The fourth-order valence-electron chi connectivity index (χ4n) is 3.18. The van der Waals surface area contributed by atoms with Crippen LogP contribution in [-0.2, 0) is 0 Å². The summed E-state index contributed by atoms with van der Waals surface area (Å²) >= 11 is 6.40. The molecular formula is C17H22ClN3. The van der Waals surface area contributed by atoms with Crippen molar-refractivity contribution in [1.82, 2.24) is 9.55 Å². The van der Waals surface area contributed by atoms with Gasteiger partial charge >= 0.3 is 0 Å². The van der Waals surface area contributed by atoms with Crippen molar-refractivity contribution in [3.05, 3.63) is 41.9 Å². The minimum atomic E-state index is 0.525. The smallest absolute Gasteiger partial charge is 0.0992 e. The molecule has 1 heterocycles. The zero-order valence-corrected chi connectivity index (χ0v) is 13.3. The van der Waals surface area contributed by atoms with Gasteiger partial charge < -0.3 is 9.88 Å². The number of anilines is 1. The van der Waals surface area contributed by atoms with Crippen LogP contribution >= 0.6 is 11.6 Å². The van der Waals surface area contributed by atoms with E-state index in [0.29, 0.717) is 6.04 Å². The van der Waals surface area contributed by atoms with E-state index in [9.17, 15) is 0 Å². The summed E-state index contributed by atoms with van der Waals surface area (Å²) in [5, 5.41) is 4.44. The zero-order valence-electron chi connectivity index (χ0n) is 12.6. The van der Waals surface area contributed by atoms with Crippen LogP contribution in [0.3, 0.4) is 0 Å². The maximum atomic E-state index is 6.40. The van der Waals surface area contributed by atoms with Crippen LogP contribution in [0.2, 0.25) is 5.02 Å². The predicted octanol–water partition coefficient (Wildman–Crippen LogP) is 4.76. The molecule has 0 aliphatic heterocycles. The third kappa shape index (κ3) is 3.08. The third-order valence-electron chi connectivity index (χ3n) is 4.71. The lowest BCUT2D eigenvalue weighted by Gasteiger charge is -2.33. The molecule has 21 heavy (non-hydrogen) atoms. The van der Waals surface area contributed by atoms with Crippen molar-refractivity contribution in [3.63, 3.8) is 0 Å². The number of para-hydroxylation sites is 1. The molecule has 1 aromatic carbocycles. The highest BCUT2D eigenvalue weighted by atomic mass is 35.5. The summed E-state index contributed by atoms with van der Waals surface area (Å²) in [7, 11) is 0. The van der Waals surface area contributed by atoms with Gasteiger partial charge in [0.15, 0.2) is 0 Å². The Bertz CT molecular complexity index is 594. The molecule has 1 aliphatic carbocycles. The number of hydrogen-bond acceptors (Lipinski definition) is 2. The van der Waals surface area contributed by atoms with E-state index in [1.165, 1.54) is 19.3 Å². The fourth-order valence-corrected chi connectivity index (χ4v) is 3.46. The monoisotopic (exact) mass is 303 g/mol. The second kappa shape index (κ2) is 6.10. The standard InChI is InChI=1S/C17H22ClN3/c1-12-6-7-14(10-13(12)2)20-16-5-3-4-15(18)17(16)21-9-8-19-11-21/h3-5,8-9,11-14,20H,6-7,10H2,1-2H3. The maximum absolute atomic E-state index is 6.40. The third-order valence-corrected chi connectivity index (χ3v) is 5.01. The van der Waals surface area contributed by atoms with Crippen molar-refractivity contribution < 1.29 is 0 Å². The van der Waals surface area contributed by atoms with Crippen molar-refractivity contribution in [3.8, 4) is 5.69 Å². The van der Waals surface area contributed by atoms with E-state index >= 15 is 0 Å². The van der Waals surface area contributed by atoms with Crippen LogP contribution in [0.1, 0.15) is 33.1 Å². The average molecular weight is 304 g/mol. The Morgan fingerprint density at radius 1 is 1.24 bits per heavy atom. The summed E-state index contributed by atoms with van der Waals surface area (Å²) in [6, 6.07) is 6.55. The molecule has 1 aliphatic rings. The molecule has 1 aromatic heterocycles. The highest BCUT2D eigenvalue weighted by Crippen LogP contribution is 2.34. The first kappa shape index (κ1) is 14.5. The minimum absolute atomic E-state index is 0.525. The summed E-state index contributed by atoms with van der Waals surface area (Å²) < 4.78 is 1.97. The lowest BCUT2D eigenvalue weighted by atomic mass is 9.79. The number of nitrogens with one attached hydrogen (secondary N) is 1. The lowest BCUT2D eigenvalue weighted by molar-refractivity contribution is 0.261.